The molecule has 0 saturated heterocycles. The zero-order chi connectivity index (χ0) is 21.8. The van der Waals surface area contributed by atoms with Crippen molar-refractivity contribution in [2.75, 3.05) is 0 Å². The molecule has 2 aromatic rings. The number of carbonyl (C=O) groups is 2. The average molecular weight is 416 g/mol. The summed E-state index contributed by atoms with van der Waals surface area (Å²) in [6.45, 7) is 12.1. The third kappa shape index (κ3) is 5.80. The maximum Gasteiger partial charge on any atom is 0.275 e. The Balaban J connectivity index is 2.47. The van der Waals surface area contributed by atoms with Gasteiger partial charge in [-0.2, -0.15) is 0 Å². The molecular weight excluding hydrogens is 386 g/mol. The Bertz CT molecular complexity index is 870. The fourth-order valence-corrected chi connectivity index (χ4v) is 3.65. The number of aryl methyl sites for hydroxylation is 2. The average Bonchev–Trinajstić information content (AvgIpc) is 2.62. The second-order valence-corrected chi connectivity index (χ2v) is 8.86. The molecule has 0 unspecified atom stereocenters. The summed E-state index contributed by atoms with van der Waals surface area (Å²) in [7, 11) is 0. The lowest BCUT2D eigenvalue weighted by Crippen LogP contribution is -2.56. The molecule has 0 spiro atoms. The maximum atomic E-state index is 13.4. The minimum atomic E-state index is -0.366. The van der Waals surface area contributed by atoms with Gasteiger partial charge >= 0.3 is 0 Å². The Morgan fingerprint density at radius 3 is 2.31 bits per heavy atom. The Kier molecular flexibility index (Phi) is 7.42. The van der Waals surface area contributed by atoms with E-state index in [1.165, 1.54) is 11.2 Å². The number of benzene rings is 1. The first-order valence-corrected chi connectivity index (χ1v) is 10.3. The number of carbonyl (C=O) groups excluding carboxylic acids is 2. The normalized spacial score (nSPS) is 12.4. The standard InChI is InChI=1S/C23H30ClN3O2/c1-7-9-19(23(4,5)6)27(22(29)18-10-8-11-25-20(18)24)26-21(28)17-13-15(2)12-16(3)14-17/h8,10-14,19H,7,9H2,1-6H3,(H,26,28)/t19-/m1/s1. The Labute approximate surface area is 178 Å². The number of pyridine rings is 1. The second-order valence-electron chi connectivity index (χ2n) is 8.50. The first-order chi connectivity index (χ1) is 13.5. The fraction of sp³-hybridized carbons (Fsp3) is 0.435. The van der Waals surface area contributed by atoms with Crippen LogP contribution in [-0.4, -0.2) is 27.8 Å². The van der Waals surface area contributed by atoms with Gasteiger partial charge in [0.05, 0.1) is 11.6 Å². The van der Waals surface area contributed by atoms with E-state index in [2.05, 4.69) is 38.1 Å². The van der Waals surface area contributed by atoms with Crippen LogP contribution in [0.3, 0.4) is 0 Å². The van der Waals surface area contributed by atoms with Crippen molar-refractivity contribution in [2.45, 2.75) is 60.4 Å². The summed E-state index contributed by atoms with van der Waals surface area (Å²) in [4.78, 5) is 30.5. The molecule has 1 aromatic heterocycles. The highest BCUT2D eigenvalue weighted by atomic mass is 35.5. The summed E-state index contributed by atoms with van der Waals surface area (Å²) in [5.74, 6) is -0.690. The van der Waals surface area contributed by atoms with Crippen molar-refractivity contribution >= 4 is 23.4 Å². The highest BCUT2D eigenvalue weighted by Crippen LogP contribution is 2.29. The van der Waals surface area contributed by atoms with Crippen LogP contribution in [-0.2, 0) is 0 Å². The molecule has 29 heavy (non-hydrogen) atoms. The van der Waals surface area contributed by atoms with Gasteiger partial charge in [0.2, 0.25) is 0 Å². The third-order valence-corrected chi connectivity index (χ3v) is 5.09. The number of hydrogen-bond donors (Lipinski definition) is 1. The fourth-order valence-electron chi connectivity index (χ4n) is 3.45. The molecule has 1 aromatic carbocycles. The molecule has 6 heteroatoms. The monoisotopic (exact) mass is 415 g/mol. The minimum Gasteiger partial charge on any atom is -0.267 e. The zero-order valence-corrected chi connectivity index (χ0v) is 18.8. The van der Waals surface area contributed by atoms with Crippen molar-refractivity contribution < 1.29 is 9.59 Å². The Hall–Kier alpha value is -2.40. The van der Waals surface area contributed by atoms with Gasteiger partial charge in [0.15, 0.2) is 0 Å². The van der Waals surface area contributed by atoms with Gasteiger partial charge < -0.3 is 0 Å². The quantitative estimate of drug-likeness (QED) is 0.528. The summed E-state index contributed by atoms with van der Waals surface area (Å²) in [5, 5.41) is 1.55. The summed E-state index contributed by atoms with van der Waals surface area (Å²) >= 11 is 6.18. The molecule has 0 saturated carbocycles. The molecule has 0 bridgehead atoms. The zero-order valence-electron chi connectivity index (χ0n) is 18.0. The van der Waals surface area contributed by atoms with E-state index in [0.29, 0.717) is 5.56 Å². The van der Waals surface area contributed by atoms with Gasteiger partial charge in [0, 0.05) is 11.8 Å². The van der Waals surface area contributed by atoms with Crippen molar-refractivity contribution in [1.82, 2.24) is 15.4 Å². The SMILES string of the molecule is CCC[C@@H](N(NC(=O)c1cc(C)cc(C)c1)C(=O)c1cccnc1Cl)C(C)(C)C. The van der Waals surface area contributed by atoms with Crippen molar-refractivity contribution in [2.24, 2.45) is 5.41 Å². The Morgan fingerprint density at radius 2 is 1.79 bits per heavy atom. The molecule has 0 aliphatic rings. The lowest BCUT2D eigenvalue weighted by molar-refractivity contribution is 0.0271. The lowest BCUT2D eigenvalue weighted by atomic mass is 9.83. The molecule has 5 nitrogen and oxygen atoms in total. The molecular formula is C23H30ClN3O2. The summed E-state index contributed by atoms with van der Waals surface area (Å²) < 4.78 is 0. The number of aromatic nitrogens is 1. The van der Waals surface area contributed by atoms with Crippen LogP contribution in [0.4, 0.5) is 0 Å². The Morgan fingerprint density at radius 1 is 1.17 bits per heavy atom. The van der Waals surface area contributed by atoms with E-state index in [0.717, 1.165) is 24.0 Å². The van der Waals surface area contributed by atoms with Crippen molar-refractivity contribution in [1.29, 1.82) is 0 Å². The van der Waals surface area contributed by atoms with E-state index in [1.807, 2.05) is 32.0 Å². The van der Waals surface area contributed by atoms with Gasteiger partial charge in [-0.05, 0) is 49.9 Å². The molecule has 0 radical (unpaired) electrons. The van der Waals surface area contributed by atoms with Crippen molar-refractivity contribution in [3.05, 3.63) is 63.9 Å². The van der Waals surface area contributed by atoms with E-state index < -0.39 is 0 Å². The molecule has 0 aliphatic carbocycles. The van der Waals surface area contributed by atoms with Gasteiger partial charge in [-0.15, -0.1) is 0 Å². The largest absolute Gasteiger partial charge is 0.275 e. The van der Waals surface area contributed by atoms with Crippen LogP contribution in [0, 0.1) is 19.3 Å². The first-order valence-electron chi connectivity index (χ1n) is 9.88. The van der Waals surface area contributed by atoms with Gasteiger partial charge in [-0.1, -0.05) is 62.9 Å². The molecule has 156 valence electrons. The highest BCUT2D eigenvalue weighted by molar-refractivity contribution is 6.32. The predicted molar refractivity (Wildman–Crippen MR) is 117 cm³/mol. The molecule has 0 aliphatic heterocycles. The number of nitrogens with zero attached hydrogens (tertiary/aromatic N) is 2. The van der Waals surface area contributed by atoms with E-state index in [9.17, 15) is 9.59 Å². The predicted octanol–water partition coefficient (Wildman–Crippen LogP) is 5.35. The van der Waals surface area contributed by atoms with Gasteiger partial charge in [-0.3, -0.25) is 15.0 Å². The summed E-state index contributed by atoms with van der Waals surface area (Å²) in [6, 6.07) is 8.70. The number of nitrogens with one attached hydrogen (secondary N) is 1. The van der Waals surface area contributed by atoms with Crippen LogP contribution in [0.15, 0.2) is 36.5 Å². The van der Waals surface area contributed by atoms with Crippen LogP contribution >= 0.6 is 11.6 Å². The van der Waals surface area contributed by atoms with Crippen LogP contribution in [0.5, 0.6) is 0 Å². The minimum absolute atomic E-state index is 0.118. The number of hydrogen-bond acceptors (Lipinski definition) is 3. The third-order valence-electron chi connectivity index (χ3n) is 4.79. The van der Waals surface area contributed by atoms with Crippen LogP contribution < -0.4 is 5.43 Å². The molecule has 1 heterocycles. The first kappa shape index (κ1) is 22.9. The second kappa shape index (κ2) is 9.40. The molecule has 2 amide bonds. The van der Waals surface area contributed by atoms with Crippen molar-refractivity contribution in [3.63, 3.8) is 0 Å². The smallest absolute Gasteiger partial charge is 0.267 e. The van der Waals surface area contributed by atoms with Crippen LogP contribution in [0.25, 0.3) is 0 Å². The summed E-state index contributed by atoms with van der Waals surface area (Å²) in [6.07, 6.45) is 3.14. The van der Waals surface area contributed by atoms with E-state index >= 15 is 0 Å². The molecule has 1 atom stereocenters. The van der Waals surface area contributed by atoms with E-state index in [-0.39, 0.29) is 34.0 Å². The van der Waals surface area contributed by atoms with Crippen LogP contribution in [0.2, 0.25) is 5.15 Å². The topological polar surface area (TPSA) is 62.3 Å². The van der Waals surface area contributed by atoms with E-state index in [1.54, 1.807) is 12.1 Å². The number of hydrazine groups is 1. The molecule has 2 rings (SSSR count). The van der Waals surface area contributed by atoms with Gasteiger partial charge in [0.1, 0.15) is 5.15 Å². The van der Waals surface area contributed by atoms with Gasteiger partial charge in [0.25, 0.3) is 11.8 Å². The van der Waals surface area contributed by atoms with Gasteiger partial charge in [-0.25, -0.2) is 9.99 Å². The highest BCUT2D eigenvalue weighted by Gasteiger charge is 2.35. The number of rotatable bonds is 5. The molecule has 0 fully saturated rings. The maximum absolute atomic E-state index is 13.4. The number of amides is 2. The number of halogens is 1. The lowest BCUT2D eigenvalue weighted by Gasteiger charge is -2.40. The van der Waals surface area contributed by atoms with Crippen molar-refractivity contribution in [3.8, 4) is 0 Å². The van der Waals surface area contributed by atoms with Crippen LogP contribution in [0.1, 0.15) is 72.4 Å². The summed E-state index contributed by atoms with van der Waals surface area (Å²) in [5.41, 5.74) is 5.37. The molecule has 1 N–H and O–H groups in total. The van der Waals surface area contributed by atoms with E-state index in [4.69, 9.17) is 11.6 Å².